The maximum absolute atomic E-state index is 12.0. The van der Waals surface area contributed by atoms with Crippen molar-refractivity contribution in [2.45, 2.75) is 26.9 Å². The number of guanidine groups is 1. The molecule has 0 aliphatic carbocycles. The van der Waals surface area contributed by atoms with Crippen LogP contribution in [-0.4, -0.2) is 39.3 Å². The van der Waals surface area contributed by atoms with Crippen LogP contribution in [0.4, 0.5) is 0 Å². The van der Waals surface area contributed by atoms with Crippen molar-refractivity contribution < 1.29 is 19.0 Å². The molecule has 2 rings (SSSR count). The Kier molecular flexibility index (Phi) is 11.7. The van der Waals surface area contributed by atoms with E-state index in [2.05, 4.69) is 15.6 Å². The quantitative estimate of drug-likeness (QED) is 0.224. The van der Waals surface area contributed by atoms with E-state index in [1.165, 1.54) is 14.2 Å². The fourth-order valence-corrected chi connectivity index (χ4v) is 2.76. The first-order valence-corrected chi connectivity index (χ1v) is 9.61. The number of carbonyl (C=O) groups excluding carboxylic acids is 1. The van der Waals surface area contributed by atoms with E-state index in [1.54, 1.807) is 12.1 Å². The molecular formula is C22H30IN3O4. The van der Waals surface area contributed by atoms with Crippen molar-refractivity contribution in [2.75, 3.05) is 27.4 Å². The molecule has 0 atom stereocenters. The molecule has 0 fully saturated rings. The lowest BCUT2D eigenvalue weighted by Crippen LogP contribution is -2.36. The SMILES string of the molecule is CCNC(=NCc1ccc(OC)c(C(=O)OC)c1)NCc1ccccc1OCC.I. The summed E-state index contributed by atoms with van der Waals surface area (Å²) in [5.41, 5.74) is 2.31. The van der Waals surface area contributed by atoms with Crippen LogP contribution < -0.4 is 20.1 Å². The predicted molar refractivity (Wildman–Crippen MR) is 129 cm³/mol. The molecule has 0 saturated carbocycles. The standard InChI is InChI=1S/C22H29N3O4.HI/c1-5-23-22(25-15-17-9-7-8-10-19(17)29-6-2)24-14-16-11-12-20(27-3)18(13-16)21(26)28-4;/h7-13H,5-6,14-15H2,1-4H3,(H2,23,24,25);1H. The summed E-state index contributed by atoms with van der Waals surface area (Å²) in [5, 5.41) is 6.55. The van der Waals surface area contributed by atoms with Crippen LogP contribution in [0.3, 0.4) is 0 Å². The third kappa shape index (κ3) is 7.40. The Morgan fingerprint density at radius 2 is 1.80 bits per heavy atom. The molecule has 0 unspecified atom stereocenters. The molecule has 2 aromatic carbocycles. The van der Waals surface area contributed by atoms with Crippen molar-refractivity contribution >= 4 is 35.9 Å². The summed E-state index contributed by atoms with van der Waals surface area (Å²) in [4.78, 5) is 16.6. The van der Waals surface area contributed by atoms with Crippen molar-refractivity contribution in [3.05, 3.63) is 59.2 Å². The molecule has 0 aromatic heterocycles. The first-order valence-electron chi connectivity index (χ1n) is 9.61. The Morgan fingerprint density at radius 1 is 1.03 bits per heavy atom. The number of carbonyl (C=O) groups is 1. The van der Waals surface area contributed by atoms with Crippen molar-refractivity contribution in [3.8, 4) is 11.5 Å². The number of halogens is 1. The number of para-hydroxylation sites is 1. The second-order valence-electron chi connectivity index (χ2n) is 6.12. The molecule has 0 aliphatic heterocycles. The highest BCUT2D eigenvalue weighted by molar-refractivity contribution is 14.0. The van der Waals surface area contributed by atoms with Crippen molar-refractivity contribution in [2.24, 2.45) is 4.99 Å². The van der Waals surface area contributed by atoms with E-state index in [0.717, 1.165) is 23.4 Å². The first-order chi connectivity index (χ1) is 14.1. The van der Waals surface area contributed by atoms with Crippen LogP contribution in [0, 0.1) is 0 Å². The van der Waals surface area contributed by atoms with Gasteiger partial charge in [-0.15, -0.1) is 24.0 Å². The number of rotatable bonds is 9. The van der Waals surface area contributed by atoms with E-state index in [1.807, 2.05) is 44.2 Å². The summed E-state index contributed by atoms with van der Waals surface area (Å²) in [5.74, 6) is 1.57. The highest BCUT2D eigenvalue weighted by Gasteiger charge is 2.13. The Bertz CT molecular complexity index is 843. The van der Waals surface area contributed by atoms with E-state index in [-0.39, 0.29) is 24.0 Å². The zero-order valence-electron chi connectivity index (χ0n) is 17.9. The van der Waals surface area contributed by atoms with E-state index >= 15 is 0 Å². The lowest BCUT2D eigenvalue weighted by atomic mass is 10.1. The van der Waals surface area contributed by atoms with Gasteiger partial charge in [0.2, 0.25) is 0 Å². The number of ether oxygens (including phenoxy) is 3. The van der Waals surface area contributed by atoms with E-state index in [9.17, 15) is 4.79 Å². The Hall–Kier alpha value is -2.49. The normalized spacial score (nSPS) is 10.6. The van der Waals surface area contributed by atoms with Crippen LogP contribution in [0.25, 0.3) is 0 Å². The first kappa shape index (κ1) is 25.5. The van der Waals surface area contributed by atoms with Crippen LogP contribution in [0.1, 0.15) is 35.3 Å². The number of esters is 1. The average molecular weight is 527 g/mol. The molecule has 7 nitrogen and oxygen atoms in total. The van der Waals surface area contributed by atoms with Gasteiger partial charge >= 0.3 is 5.97 Å². The van der Waals surface area contributed by atoms with Gasteiger partial charge in [0.1, 0.15) is 17.1 Å². The van der Waals surface area contributed by atoms with Crippen LogP contribution in [0.5, 0.6) is 11.5 Å². The lowest BCUT2D eigenvalue weighted by Gasteiger charge is -2.14. The molecule has 0 spiro atoms. The van der Waals surface area contributed by atoms with Crippen molar-refractivity contribution in [1.29, 1.82) is 0 Å². The lowest BCUT2D eigenvalue weighted by molar-refractivity contribution is 0.0597. The summed E-state index contributed by atoms with van der Waals surface area (Å²) in [6, 6.07) is 13.3. The Morgan fingerprint density at radius 3 is 2.47 bits per heavy atom. The predicted octanol–water partition coefficient (Wildman–Crippen LogP) is 3.75. The summed E-state index contributed by atoms with van der Waals surface area (Å²) < 4.78 is 15.7. The smallest absolute Gasteiger partial charge is 0.341 e. The van der Waals surface area contributed by atoms with Gasteiger partial charge in [-0.25, -0.2) is 9.79 Å². The molecule has 0 bridgehead atoms. The molecular weight excluding hydrogens is 497 g/mol. The number of methoxy groups -OCH3 is 2. The number of hydrogen-bond acceptors (Lipinski definition) is 5. The highest BCUT2D eigenvalue weighted by Crippen LogP contribution is 2.21. The van der Waals surface area contributed by atoms with Gasteiger partial charge in [0.05, 0.1) is 27.4 Å². The Labute approximate surface area is 195 Å². The van der Waals surface area contributed by atoms with Crippen LogP contribution in [-0.2, 0) is 17.8 Å². The van der Waals surface area contributed by atoms with Gasteiger partial charge in [-0.3, -0.25) is 0 Å². The van der Waals surface area contributed by atoms with Gasteiger partial charge in [0, 0.05) is 18.7 Å². The second kappa shape index (κ2) is 13.7. The molecule has 0 aliphatic rings. The summed E-state index contributed by atoms with van der Waals surface area (Å²) in [6.07, 6.45) is 0. The monoisotopic (exact) mass is 527 g/mol. The van der Waals surface area contributed by atoms with Crippen molar-refractivity contribution in [1.82, 2.24) is 10.6 Å². The maximum Gasteiger partial charge on any atom is 0.341 e. The minimum Gasteiger partial charge on any atom is -0.496 e. The average Bonchev–Trinajstić information content (AvgIpc) is 2.76. The van der Waals surface area contributed by atoms with Crippen LogP contribution >= 0.6 is 24.0 Å². The van der Waals surface area contributed by atoms with E-state index in [0.29, 0.717) is 37.0 Å². The van der Waals surface area contributed by atoms with Gasteiger partial charge in [-0.05, 0) is 37.6 Å². The van der Waals surface area contributed by atoms with Gasteiger partial charge in [0.25, 0.3) is 0 Å². The third-order valence-corrected chi connectivity index (χ3v) is 4.15. The minimum atomic E-state index is -0.440. The van der Waals surface area contributed by atoms with E-state index in [4.69, 9.17) is 14.2 Å². The van der Waals surface area contributed by atoms with Gasteiger partial charge in [-0.1, -0.05) is 24.3 Å². The molecule has 0 radical (unpaired) electrons. The van der Waals surface area contributed by atoms with Gasteiger partial charge in [-0.2, -0.15) is 0 Å². The fourth-order valence-electron chi connectivity index (χ4n) is 2.76. The molecule has 0 saturated heterocycles. The number of benzene rings is 2. The summed E-state index contributed by atoms with van der Waals surface area (Å²) in [6.45, 7) is 6.30. The number of aliphatic imine (C=N–C) groups is 1. The largest absolute Gasteiger partial charge is 0.496 e. The molecule has 30 heavy (non-hydrogen) atoms. The topological polar surface area (TPSA) is 81.2 Å². The van der Waals surface area contributed by atoms with Gasteiger partial charge in [0.15, 0.2) is 5.96 Å². The zero-order valence-corrected chi connectivity index (χ0v) is 20.2. The van der Waals surface area contributed by atoms with Crippen LogP contribution in [0.15, 0.2) is 47.5 Å². The number of hydrogen-bond donors (Lipinski definition) is 2. The fraction of sp³-hybridized carbons (Fsp3) is 0.364. The molecule has 164 valence electrons. The van der Waals surface area contributed by atoms with Crippen LogP contribution in [0.2, 0.25) is 0 Å². The highest BCUT2D eigenvalue weighted by atomic mass is 127. The van der Waals surface area contributed by atoms with Crippen molar-refractivity contribution in [3.63, 3.8) is 0 Å². The zero-order chi connectivity index (χ0) is 21.1. The minimum absolute atomic E-state index is 0. The van der Waals surface area contributed by atoms with Gasteiger partial charge < -0.3 is 24.8 Å². The maximum atomic E-state index is 12.0. The Balaban J connectivity index is 0.00000450. The molecule has 2 N–H and O–H groups in total. The summed E-state index contributed by atoms with van der Waals surface area (Å²) in [7, 11) is 2.87. The molecule has 2 aromatic rings. The number of nitrogens with zero attached hydrogens (tertiary/aromatic N) is 1. The summed E-state index contributed by atoms with van der Waals surface area (Å²) >= 11 is 0. The second-order valence-corrected chi connectivity index (χ2v) is 6.12. The van der Waals surface area contributed by atoms with E-state index < -0.39 is 5.97 Å². The molecule has 8 heteroatoms. The molecule has 0 heterocycles. The number of nitrogens with one attached hydrogen (secondary N) is 2. The molecule has 0 amide bonds. The third-order valence-electron chi connectivity index (χ3n) is 4.15.